The van der Waals surface area contributed by atoms with Crippen molar-refractivity contribution in [1.82, 2.24) is 4.90 Å². The summed E-state index contributed by atoms with van der Waals surface area (Å²) in [6, 6.07) is 14.2. The average Bonchev–Trinajstić information content (AvgIpc) is 3.36. The number of hydrogen-bond acceptors (Lipinski definition) is 5. The Morgan fingerprint density at radius 1 is 1.22 bits per heavy atom. The molecule has 2 aromatic rings. The van der Waals surface area contributed by atoms with Crippen molar-refractivity contribution in [3.05, 3.63) is 69.8 Å². The number of nitro benzene ring substituents is 1. The van der Waals surface area contributed by atoms with Gasteiger partial charge >= 0.3 is 0 Å². The number of para-hydroxylation sites is 1. The predicted octanol–water partition coefficient (Wildman–Crippen LogP) is 3.91. The monoisotopic (exact) mass is 384 g/mol. The molecule has 4 rings (SSSR count). The number of nitrogens with zero attached hydrogens (tertiary/aromatic N) is 2. The number of thioether (sulfide) groups is 1. The van der Waals surface area contributed by atoms with E-state index in [0.29, 0.717) is 6.54 Å². The quantitative estimate of drug-likeness (QED) is 0.577. The van der Waals surface area contributed by atoms with Crippen molar-refractivity contribution in [3.63, 3.8) is 0 Å². The summed E-state index contributed by atoms with van der Waals surface area (Å²) in [7, 11) is 1.63. The van der Waals surface area contributed by atoms with Crippen LogP contribution in [0.1, 0.15) is 29.3 Å². The molecule has 1 amide bonds. The molecule has 27 heavy (non-hydrogen) atoms. The summed E-state index contributed by atoms with van der Waals surface area (Å²) in [4.78, 5) is 25.9. The number of ether oxygens (including phenoxy) is 1. The highest BCUT2D eigenvalue weighted by Gasteiger charge is 2.56. The zero-order valence-corrected chi connectivity index (χ0v) is 15.8. The number of benzene rings is 2. The first-order chi connectivity index (χ1) is 13.1. The van der Waals surface area contributed by atoms with Gasteiger partial charge in [0.05, 0.1) is 17.4 Å². The highest BCUT2D eigenvalue weighted by molar-refractivity contribution is 7.99. The number of methoxy groups -OCH3 is 1. The number of carbonyl (C=O) groups excluding carboxylic acids is 1. The van der Waals surface area contributed by atoms with E-state index in [-0.39, 0.29) is 17.0 Å². The van der Waals surface area contributed by atoms with E-state index in [2.05, 4.69) is 0 Å². The Kier molecular flexibility index (Phi) is 4.55. The normalized spacial score (nSPS) is 20.3. The van der Waals surface area contributed by atoms with Crippen molar-refractivity contribution in [3.8, 4) is 5.75 Å². The Morgan fingerprint density at radius 3 is 2.56 bits per heavy atom. The first-order valence-corrected chi connectivity index (χ1v) is 9.92. The van der Waals surface area contributed by atoms with Gasteiger partial charge in [0, 0.05) is 30.0 Å². The molecule has 0 N–H and O–H groups in total. The number of nitro groups is 1. The maximum atomic E-state index is 13.5. The molecule has 2 aromatic carbocycles. The fraction of sp³-hybridized carbons (Fsp3) is 0.350. The molecule has 6 nitrogen and oxygen atoms in total. The molecule has 2 fully saturated rings. The Labute approximate surface area is 161 Å². The minimum atomic E-state index is -0.503. The van der Waals surface area contributed by atoms with Gasteiger partial charge in [-0.15, -0.1) is 11.8 Å². The fourth-order valence-corrected chi connectivity index (χ4v) is 5.01. The van der Waals surface area contributed by atoms with Crippen LogP contribution in [0.4, 0.5) is 5.69 Å². The van der Waals surface area contributed by atoms with E-state index in [1.165, 1.54) is 12.1 Å². The lowest BCUT2D eigenvalue weighted by Crippen LogP contribution is -2.39. The van der Waals surface area contributed by atoms with Gasteiger partial charge in [0.15, 0.2) is 0 Å². The molecule has 1 unspecified atom stereocenters. The molecule has 1 saturated heterocycles. The second-order valence-corrected chi connectivity index (χ2v) is 8.04. The minimum absolute atomic E-state index is 0.0623. The van der Waals surface area contributed by atoms with Crippen molar-refractivity contribution in [2.75, 3.05) is 19.4 Å². The summed E-state index contributed by atoms with van der Waals surface area (Å²) >= 11 is 1.70. The van der Waals surface area contributed by atoms with E-state index in [1.54, 1.807) is 31.0 Å². The van der Waals surface area contributed by atoms with E-state index in [1.807, 2.05) is 29.2 Å². The third-order valence-corrected chi connectivity index (χ3v) is 6.58. The summed E-state index contributed by atoms with van der Waals surface area (Å²) in [6.07, 6.45) is 1.64. The van der Waals surface area contributed by atoms with Crippen LogP contribution in [0.15, 0.2) is 48.5 Å². The summed E-state index contributed by atoms with van der Waals surface area (Å²) in [5, 5.41) is 10.8. The van der Waals surface area contributed by atoms with E-state index in [0.717, 1.165) is 35.5 Å². The van der Waals surface area contributed by atoms with Crippen LogP contribution >= 0.6 is 11.8 Å². The van der Waals surface area contributed by atoms with Gasteiger partial charge in [-0.25, -0.2) is 0 Å². The second-order valence-electron chi connectivity index (χ2n) is 6.85. The van der Waals surface area contributed by atoms with Gasteiger partial charge in [-0.1, -0.05) is 18.2 Å². The summed E-state index contributed by atoms with van der Waals surface area (Å²) in [5.41, 5.74) is 1.44. The van der Waals surface area contributed by atoms with Gasteiger partial charge < -0.3 is 9.64 Å². The van der Waals surface area contributed by atoms with Crippen molar-refractivity contribution in [2.24, 2.45) is 0 Å². The standard InChI is InChI=1S/C20H20N2O4S/c1-26-17-5-3-2-4-16(17)20(10-11-20)19(23)21-12-13-27-18(21)14-6-8-15(9-7-14)22(24)25/h2-9,18H,10-13H2,1H3. The van der Waals surface area contributed by atoms with Gasteiger partial charge in [-0.05, 0) is 36.6 Å². The number of carbonyl (C=O) groups is 1. The molecule has 1 aliphatic carbocycles. The van der Waals surface area contributed by atoms with Gasteiger partial charge in [0.25, 0.3) is 5.69 Å². The lowest BCUT2D eigenvalue weighted by molar-refractivity contribution is -0.384. The van der Waals surface area contributed by atoms with Crippen LogP contribution in [-0.2, 0) is 10.2 Å². The van der Waals surface area contributed by atoms with Crippen LogP contribution in [0.5, 0.6) is 5.75 Å². The third-order valence-electron chi connectivity index (χ3n) is 5.32. The Bertz CT molecular complexity index is 880. The minimum Gasteiger partial charge on any atom is -0.496 e. The molecule has 140 valence electrons. The molecule has 0 bridgehead atoms. The molecule has 7 heteroatoms. The molecular weight excluding hydrogens is 364 g/mol. The molecule has 1 aliphatic heterocycles. The average molecular weight is 384 g/mol. The number of non-ortho nitro benzene ring substituents is 1. The Morgan fingerprint density at radius 2 is 1.93 bits per heavy atom. The lowest BCUT2D eigenvalue weighted by Gasteiger charge is -2.29. The Hall–Kier alpha value is -2.54. The van der Waals surface area contributed by atoms with E-state index < -0.39 is 10.3 Å². The SMILES string of the molecule is COc1ccccc1C1(C(=O)N2CCSC2c2ccc([N+](=O)[O-])cc2)CC1. The zero-order chi connectivity index (χ0) is 19.0. The van der Waals surface area contributed by atoms with Crippen molar-refractivity contribution >= 4 is 23.4 Å². The van der Waals surface area contributed by atoms with Crippen LogP contribution in [0, 0.1) is 10.1 Å². The zero-order valence-electron chi connectivity index (χ0n) is 15.0. The molecule has 1 heterocycles. The maximum Gasteiger partial charge on any atom is 0.269 e. The largest absolute Gasteiger partial charge is 0.496 e. The molecule has 0 aromatic heterocycles. The van der Waals surface area contributed by atoms with Crippen LogP contribution in [0.3, 0.4) is 0 Å². The maximum absolute atomic E-state index is 13.5. The van der Waals surface area contributed by atoms with E-state index in [9.17, 15) is 14.9 Å². The highest BCUT2D eigenvalue weighted by Crippen LogP contribution is 2.54. The number of rotatable bonds is 5. The van der Waals surface area contributed by atoms with Crippen molar-refractivity contribution in [1.29, 1.82) is 0 Å². The first-order valence-electron chi connectivity index (χ1n) is 8.87. The molecule has 2 aliphatic rings. The molecule has 1 saturated carbocycles. The molecule has 0 spiro atoms. The predicted molar refractivity (Wildman–Crippen MR) is 104 cm³/mol. The van der Waals surface area contributed by atoms with E-state index >= 15 is 0 Å². The van der Waals surface area contributed by atoms with Crippen molar-refractivity contribution < 1.29 is 14.5 Å². The van der Waals surface area contributed by atoms with Gasteiger partial charge in [-0.3, -0.25) is 14.9 Å². The lowest BCUT2D eigenvalue weighted by atomic mass is 9.93. The highest BCUT2D eigenvalue weighted by atomic mass is 32.2. The topological polar surface area (TPSA) is 72.7 Å². The Balaban J connectivity index is 1.62. The smallest absolute Gasteiger partial charge is 0.269 e. The molecule has 0 radical (unpaired) electrons. The van der Waals surface area contributed by atoms with Gasteiger partial charge in [-0.2, -0.15) is 0 Å². The van der Waals surface area contributed by atoms with Crippen molar-refractivity contribution in [2.45, 2.75) is 23.6 Å². The van der Waals surface area contributed by atoms with E-state index in [4.69, 9.17) is 4.74 Å². The first kappa shape index (κ1) is 17.9. The van der Waals surface area contributed by atoms with Crippen LogP contribution in [0.25, 0.3) is 0 Å². The summed E-state index contributed by atoms with van der Waals surface area (Å²) < 4.78 is 5.49. The van der Waals surface area contributed by atoms with Gasteiger partial charge in [0.2, 0.25) is 5.91 Å². The third kappa shape index (κ3) is 3.06. The molecular formula is C20H20N2O4S. The van der Waals surface area contributed by atoms with Crippen LogP contribution in [-0.4, -0.2) is 35.1 Å². The molecule has 1 atom stereocenters. The number of hydrogen-bond donors (Lipinski definition) is 0. The van der Waals surface area contributed by atoms with Crippen LogP contribution in [0.2, 0.25) is 0 Å². The second kappa shape index (κ2) is 6.88. The summed E-state index contributed by atoms with van der Waals surface area (Å²) in [6.45, 7) is 0.683. The van der Waals surface area contributed by atoms with Crippen LogP contribution < -0.4 is 4.74 Å². The van der Waals surface area contributed by atoms with Gasteiger partial charge in [0.1, 0.15) is 11.1 Å². The summed E-state index contributed by atoms with van der Waals surface area (Å²) in [5.74, 6) is 1.73. The number of amides is 1. The fourth-order valence-electron chi connectivity index (χ4n) is 3.75.